The molecule has 1 aromatic carbocycles. The first-order valence-corrected chi connectivity index (χ1v) is 7.77. The van der Waals surface area contributed by atoms with Crippen molar-refractivity contribution in [2.24, 2.45) is 0 Å². The van der Waals surface area contributed by atoms with Crippen molar-refractivity contribution in [2.45, 2.75) is 23.4 Å². The lowest BCUT2D eigenvalue weighted by Crippen LogP contribution is -2.13. The van der Waals surface area contributed by atoms with E-state index in [1.165, 1.54) is 23.3 Å². The second kappa shape index (κ2) is 5.95. The summed E-state index contributed by atoms with van der Waals surface area (Å²) in [5.74, 6) is 0.867. The van der Waals surface area contributed by atoms with Crippen LogP contribution in [0.25, 0.3) is 0 Å². The number of carbonyl (C=O) groups excluding carboxylic acids is 1. The van der Waals surface area contributed by atoms with Gasteiger partial charge in [-0.15, -0.1) is 0 Å². The molecule has 2 aromatic rings. The van der Waals surface area contributed by atoms with Crippen molar-refractivity contribution < 1.29 is 4.79 Å². The van der Waals surface area contributed by atoms with E-state index >= 15 is 0 Å². The molecule has 94 valence electrons. The molecule has 0 bridgehead atoms. The normalized spacial score (nSPS) is 12.4. The summed E-state index contributed by atoms with van der Waals surface area (Å²) >= 11 is 6.15. The molecule has 2 rings (SSSR count). The average Bonchev–Trinajstić information content (AvgIpc) is 2.75. The van der Waals surface area contributed by atoms with Crippen molar-refractivity contribution in [2.75, 3.05) is 0 Å². The van der Waals surface area contributed by atoms with Crippen molar-refractivity contribution in [3.63, 3.8) is 0 Å². The lowest BCUT2D eigenvalue weighted by molar-refractivity contribution is 0.0994. The molecule has 0 fully saturated rings. The highest BCUT2D eigenvalue weighted by Gasteiger charge is 2.18. The zero-order valence-electron chi connectivity index (χ0n) is 9.88. The van der Waals surface area contributed by atoms with E-state index in [2.05, 4.69) is 25.3 Å². The Balaban J connectivity index is 2.07. The van der Waals surface area contributed by atoms with E-state index in [1.54, 1.807) is 0 Å². The molecule has 3 nitrogen and oxygen atoms in total. The van der Waals surface area contributed by atoms with Gasteiger partial charge in [0, 0.05) is 10.0 Å². The number of nitrogens with zero attached hydrogens (tertiary/aromatic N) is 2. The molecule has 0 radical (unpaired) electrons. The molecular weight excluding hydrogens is 332 g/mol. The van der Waals surface area contributed by atoms with Crippen LogP contribution in [0, 0.1) is 6.92 Å². The van der Waals surface area contributed by atoms with Crippen LogP contribution in [0.3, 0.4) is 0 Å². The van der Waals surface area contributed by atoms with Crippen molar-refractivity contribution >= 4 is 45.0 Å². The number of carbonyl (C=O) groups is 1. The van der Waals surface area contributed by atoms with Crippen molar-refractivity contribution in [3.05, 3.63) is 40.1 Å². The maximum Gasteiger partial charge on any atom is 0.175 e. The Kier molecular flexibility index (Phi) is 4.53. The van der Waals surface area contributed by atoms with Crippen LogP contribution in [0.2, 0.25) is 0 Å². The van der Waals surface area contributed by atoms with Gasteiger partial charge in [-0.3, -0.25) is 4.79 Å². The molecule has 6 heteroatoms. The molecule has 0 saturated carbocycles. The van der Waals surface area contributed by atoms with E-state index < -0.39 is 0 Å². The third-order valence-electron chi connectivity index (χ3n) is 2.28. The van der Waals surface area contributed by atoms with Gasteiger partial charge in [-0.1, -0.05) is 39.8 Å². The summed E-state index contributed by atoms with van der Waals surface area (Å²) in [6, 6.07) is 7.41. The van der Waals surface area contributed by atoms with Gasteiger partial charge < -0.3 is 0 Å². The van der Waals surface area contributed by atoms with Crippen LogP contribution in [0.15, 0.2) is 33.1 Å². The Bertz CT molecular complexity index is 553. The number of aryl methyl sites for hydroxylation is 1. The van der Waals surface area contributed by atoms with Gasteiger partial charge in [0.25, 0.3) is 0 Å². The number of ketones is 1. The molecule has 0 spiro atoms. The molecule has 1 heterocycles. The van der Waals surface area contributed by atoms with Crippen LogP contribution in [-0.2, 0) is 0 Å². The summed E-state index contributed by atoms with van der Waals surface area (Å²) in [7, 11) is 0. The molecule has 0 aliphatic carbocycles. The Hall–Kier alpha value is -0.720. The molecule has 1 aromatic heterocycles. The van der Waals surface area contributed by atoms with Gasteiger partial charge in [0.15, 0.2) is 10.1 Å². The second-order valence-corrected chi connectivity index (χ2v) is 6.99. The first-order chi connectivity index (χ1) is 8.56. The van der Waals surface area contributed by atoms with Crippen LogP contribution in [0.1, 0.15) is 23.1 Å². The quantitative estimate of drug-likeness (QED) is 0.622. The van der Waals surface area contributed by atoms with Crippen LogP contribution < -0.4 is 0 Å². The van der Waals surface area contributed by atoms with Gasteiger partial charge in [-0.05, 0) is 37.5 Å². The SMILES string of the molecule is Cc1nsc(SC(C)C(=O)c2ccc(Br)cc2)n1. The van der Waals surface area contributed by atoms with Crippen LogP contribution in [0.5, 0.6) is 0 Å². The number of halogens is 1. The molecule has 0 aliphatic rings. The van der Waals surface area contributed by atoms with Gasteiger partial charge in [0.2, 0.25) is 0 Å². The number of Topliss-reactive ketones (excluding diaryl/α,β-unsaturated/α-hetero) is 1. The molecule has 0 saturated heterocycles. The van der Waals surface area contributed by atoms with E-state index in [1.807, 2.05) is 38.1 Å². The number of hydrogen-bond donors (Lipinski definition) is 0. The summed E-state index contributed by atoms with van der Waals surface area (Å²) in [6.45, 7) is 3.74. The molecule has 1 atom stereocenters. The van der Waals surface area contributed by atoms with Crippen LogP contribution in [-0.4, -0.2) is 20.4 Å². The highest BCUT2D eigenvalue weighted by molar-refractivity contribution is 9.10. The standard InChI is InChI=1S/C12H11BrN2OS2/c1-7(17-12-14-8(2)15-18-12)11(16)9-3-5-10(13)6-4-9/h3-7H,1-2H3. The van der Waals surface area contributed by atoms with Crippen molar-refractivity contribution in [1.29, 1.82) is 0 Å². The van der Waals surface area contributed by atoms with Gasteiger partial charge in [0.05, 0.1) is 5.25 Å². The monoisotopic (exact) mass is 342 g/mol. The molecule has 0 aliphatic heterocycles. The van der Waals surface area contributed by atoms with E-state index in [9.17, 15) is 4.79 Å². The number of benzene rings is 1. The number of thioether (sulfide) groups is 1. The van der Waals surface area contributed by atoms with E-state index in [4.69, 9.17) is 0 Å². The first kappa shape index (κ1) is 13.7. The summed E-state index contributed by atoms with van der Waals surface area (Å²) < 4.78 is 5.92. The van der Waals surface area contributed by atoms with Crippen molar-refractivity contribution in [3.8, 4) is 0 Å². The minimum Gasteiger partial charge on any atom is -0.293 e. The minimum atomic E-state index is -0.154. The predicted molar refractivity (Wildman–Crippen MR) is 78.4 cm³/mol. The smallest absolute Gasteiger partial charge is 0.175 e. The largest absolute Gasteiger partial charge is 0.293 e. The topological polar surface area (TPSA) is 42.9 Å². The van der Waals surface area contributed by atoms with E-state index in [-0.39, 0.29) is 11.0 Å². The maximum atomic E-state index is 12.2. The number of hydrogen-bond acceptors (Lipinski definition) is 5. The fourth-order valence-electron chi connectivity index (χ4n) is 1.38. The minimum absolute atomic E-state index is 0.111. The van der Waals surface area contributed by atoms with Crippen molar-refractivity contribution in [1.82, 2.24) is 9.36 Å². The van der Waals surface area contributed by atoms with Gasteiger partial charge in [0.1, 0.15) is 5.82 Å². The summed E-state index contributed by atoms with van der Waals surface area (Å²) in [5, 5.41) is -0.154. The van der Waals surface area contributed by atoms with E-state index in [0.717, 1.165) is 20.2 Å². The third kappa shape index (κ3) is 3.40. The zero-order chi connectivity index (χ0) is 13.1. The average molecular weight is 343 g/mol. The third-order valence-corrected chi connectivity index (χ3v) is 4.79. The second-order valence-electron chi connectivity index (χ2n) is 3.74. The summed E-state index contributed by atoms with van der Waals surface area (Å²) in [4.78, 5) is 16.4. The van der Waals surface area contributed by atoms with Crippen LogP contribution >= 0.6 is 39.2 Å². The highest BCUT2D eigenvalue weighted by Crippen LogP contribution is 2.27. The Labute approximate surface area is 122 Å². The molecule has 0 N–H and O–H groups in total. The van der Waals surface area contributed by atoms with Gasteiger partial charge in [-0.25, -0.2) is 4.98 Å². The first-order valence-electron chi connectivity index (χ1n) is 5.33. The number of aromatic nitrogens is 2. The predicted octanol–water partition coefficient (Wildman–Crippen LogP) is 3.97. The molecular formula is C12H11BrN2OS2. The Morgan fingerprint density at radius 3 is 2.61 bits per heavy atom. The van der Waals surface area contributed by atoms with E-state index in [0.29, 0.717) is 0 Å². The summed E-state index contributed by atoms with van der Waals surface area (Å²) in [5.41, 5.74) is 0.722. The molecule has 1 unspecified atom stereocenters. The fraction of sp³-hybridized carbons (Fsp3) is 0.250. The van der Waals surface area contributed by atoms with Gasteiger partial charge in [-0.2, -0.15) is 4.37 Å². The maximum absolute atomic E-state index is 12.2. The Morgan fingerprint density at radius 1 is 1.39 bits per heavy atom. The molecule has 0 amide bonds. The summed E-state index contributed by atoms with van der Waals surface area (Å²) in [6.07, 6.45) is 0. The Morgan fingerprint density at radius 2 is 2.06 bits per heavy atom. The highest BCUT2D eigenvalue weighted by atomic mass is 79.9. The zero-order valence-corrected chi connectivity index (χ0v) is 13.1. The lowest BCUT2D eigenvalue weighted by atomic mass is 10.1. The fourth-order valence-corrected chi connectivity index (χ4v) is 3.52. The lowest BCUT2D eigenvalue weighted by Gasteiger charge is -2.07. The van der Waals surface area contributed by atoms with Crippen LogP contribution in [0.4, 0.5) is 0 Å². The molecule has 18 heavy (non-hydrogen) atoms. The number of rotatable bonds is 4. The van der Waals surface area contributed by atoms with Gasteiger partial charge >= 0.3 is 0 Å².